The summed E-state index contributed by atoms with van der Waals surface area (Å²) in [5.74, 6) is -0.335. The Morgan fingerprint density at radius 1 is 1.00 bits per heavy atom. The van der Waals surface area contributed by atoms with Crippen molar-refractivity contribution in [1.82, 2.24) is 0 Å². The fraction of sp³-hybridized carbons (Fsp3) is 0.636. The molecule has 0 amide bonds. The lowest BCUT2D eigenvalue weighted by molar-refractivity contribution is -0.140. The SMILES string of the molecule is COC(=O)C1=C(C(=O)OC)[C@H]2CC[C@H]1C2. The van der Waals surface area contributed by atoms with Crippen LogP contribution in [0, 0.1) is 11.8 Å². The van der Waals surface area contributed by atoms with E-state index in [-0.39, 0.29) is 23.8 Å². The van der Waals surface area contributed by atoms with Gasteiger partial charge < -0.3 is 9.47 Å². The molecule has 2 aliphatic rings. The largest absolute Gasteiger partial charge is 0.466 e. The highest BCUT2D eigenvalue weighted by molar-refractivity contribution is 6.02. The van der Waals surface area contributed by atoms with Gasteiger partial charge in [0.2, 0.25) is 0 Å². The number of hydrogen-bond acceptors (Lipinski definition) is 4. The van der Waals surface area contributed by atoms with E-state index in [1.165, 1.54) is 14.2 Å². The molecule has 0 unspecified atom stereocenters. The minimum absolute atomic E-state index is 0.205. The molecule has 2 bridgehead atoms. The third-order valence-electron chi connectivity index (χ3n) is 3.35. The zero-order valence-electron chi connectivity index (χ0n) is 8.91. The van der Waals surface area contributed by atoms with Crippen LogP contribution in [0.25, 0.3) is 0 Å². The van der Waals surface area contributed by atoms with Gasteiger partial charge in [-0.2, -0.15) is 0 Å². The number of carbonyl (C=O) groups excluding carboxylic acids is 2. The molecule has 4 heteroatoms. The maximum Gasteiger partial charge on any atom is 0.334 e. The van der Waals surface area contributed by atoms with E-state index in [1.807, 2.05) is 0 Å². The van der Waals surface area contributed by atoms with E-state index in [4.69, 9.17) is 9.47 Å². The van der Waals surface area contributed by atoms with Crippen LogP contribution in [0.1, 0.15) is 19.3 Å². The molecule has 2 atom stereocenters. The van der Waals surface area contributed by atoms with E-state index in [0.29, 0.717) is 11.1 Å². The van der Waals surface area contributed by atoms with Crippen LogP contribution >= 0.6 is 0 Å². The average molecular weight is 210 g/mol. The molecule has 0 N–H and O–H groups in total. The Morgan fingerprint density at radius 3 is 1.73 bits per heavy atom. The van der Waals surface area contributed by atoms with Crippen molar-refractivity contribution in [1.29, 1.82) is 0 Å². The fourth-order valence-electron chi connectivity index (χ4n) is 2.72. The Balaban J connectivity index is 2.39. The maximum atomic E-state index is 11.5. The predicted octanol–water partition coefficient (Wildman–Crippen LogP) is 1.06. The van der Waals surface area contributed by atoms with Gasteiger partial charge in [-0.15, -0.1) is 0 Å². The van der Waals surface area contributed by atoms with E-state index in [1.54, 1.807) is 0 Å². The average Bonchev–Trinajstić information content (AvgIpc) is 2.86. The van der Waals surface area contributed by atoms with Gasteiger partial charge in [0.05, 0.1) is 25.4 Å². The standard InChI is InChI=1S/C11H14O4/c1-14-10(12)8-6-3-4-7(5-6)9(8)11(13)15-2/h6-7H,3-5H2,1-2H3/t6-,7-/m0/s1. The van der Waals surface area contributed by atoms with E-state index < -0.39 is 0 Å². The molecule has 1 saturated carbocycles. The van der Waals surface area contributed by atoms with Crippen molar-refractivity contribution in [2.75, 3.05) is 14.2 Å². The molecule has 0 heterocycles. The van der Waals surface area contributed by atoms with Gasteiger partial charge in [-0.3, -0.25) is 0 Å². The molecule has 15 heavy (non-hydrogen) atoms. The van der Waals surface area contributed by atoms with Crippen molar-refractivity contribution < 1.29 is 19.1 Å². The number of ether oxygens (including phenoxy) is 2. The summed E-state index contributed by atoms with van der Waals surface area (Å²) in [6.45, 7) is 0. The zero-order valence-corrected chi connectivity index (χ0v) is 8.91. The summed E-state index contributed by atoms with van der Waals surface area (Å²) in [7, 11) is 2.69. The fourth-order valence-corrected chi connectivity index (χ4v) is 2.72. The molecule has 0 aliphatic heterocycles. The van der Waals surface area contributed by atoms with Gasteiger partial charge in [0, 0.05) is 0 Å². The van der Waals surface area contributed by atoms with Crippen LogP contribution in [0.5, 0.6) is 0 Å². The Kier molecular flexibility index (Phi) is 2.50. The van der Waals surface area contributed by atoms with Gasteiger partial charge in [0.25, 0.3) is 0 Å². The topological polar surface area (TPSA) is 52.6 Å². The lowest BCUT2D eigenvalue weighted by Gasteiger charge is -2.16. The molecule has 2 rings (SSSR count). The summed E-state index contributed by atoms with van der Waals surface area (Å²) in [4.78, 5) is 23.1. The number of fused-ring (bicyclic) bond motifs is 2. The van der Waals surface area contributed by atoms with Gasteiger partial charge >= 0.3 is 11.9 Å². The predicted molar refractivity (Wildman–Crippen MR) is 51.9 cm³/mol. The first-order chi connectivity index (χ1) is 7.19. The summed E-state index contributed by atoms with van der Waals surface area (Å²) in [5, 5.41) is 0. The molecule has 0 radical (unpaired) electrons. The highest BCUT2D eigenvalue weighted by Gasteiger charge is 2.45. The maximum absolute atomic E-state index is 11.5. The van der Waals surface area contributed by atoms with Crippen molar-refractivity contribution in [3.63, 3.8) is 0 Å². The van der Waals surface area contributed by atoms with Crippen LogP contribution in [-0.4, -0.2) is 26.2 Å². The molecule has 0 saturated heterocycles. The number of hydrogen-bond donors (Lipinski definition) is 0. The molecular formula is C11H14O4. The van der Waals surface area contributed by atoms with Crippen molar-refractivity contribution >= 4 is 11.9 Å². The highest BCUT2D eigenvalue weighted by atomic mass is 16.5. The van der Waals surface area contributed by atoms with E-state index in [0.717, 1.165) is 19.3 Å². The normalized spacial score (nSPS) is 28.1. The lowest BCUT2D eigenvalue weighted by Crippen LogP contribution is -2.19. The molecule has 1 fully saturated rings. The molecule has 4 nitrogen and oxygen atoms in total. The number of carbonyl (C=O) groups is 2. The Hall–Kier alpha value is -1.32. The molecule has 0 aromatic carbocycles. The molecule has 0 spiro atoms. The summed E-state index contributed by atoms with van der Waals surface area (Å²) < 4.78 is 9.41. The van der Waals surface area contributed by atoms with Gasteiger partial charge in [-0.1, -0.05) is 0 Å². The first kappa shape index (κ1) is 10.2. The van der Waals surface area contributed by atoms with Crippen molar-refractivity contribution in [2.45, 2.75) is 19.3 Å². The Labute approximate surface area is 88.2 Å². The molecular weight excluding hydrogens is 196 g/mol. The molecule has 0 aromatic rings. The first-order valence-corrected chi connectivity index (χ1v) is 5.09. The highest BCUT2D eigenvalue weighted by Crippen LogP contribution is 2.49. The minimum atomic E-state index is -0.373. The molecule has 2 aliphatic carbocycles. The lowest BCUT2D eigenvalue weighted by atomic mass is 9.92. The van der Waals surface area contributed by atoms with Crippen molar-refractivity contribution in [3.8, 4) is 0 Å². The summed E-state index contributed by atoms with van der Waals surface area (Å²) in [6, 6.07) is 0. The van der Waals surface area contributed by atoms with Crippen molar-refractivity contribution in [3.05, 3.63) is 11.1 Å². The monoisotopic (exact) mass is 210 g/mol. The quantitative estimate of drug-likeness (QED) is 0.639. The second-order valence-electron chi connectivity index (χ2n) is 4.02. The van der Waals surface area contributed by atoms with Gasteiger partial charge in [0.1, 0.15) is 0 Å². The number of methoxy groups -OCH3 is 2. The summed E-state index contributed by atoms with van der Waals surface area (Å²) in [5.41, 5.74) is 1.11. The summed E-state index contributed by atoms with van der Waals surface area (Å²) >= 11 is 0. The third-order valence-corrected chi connectivity index (χ3v) is 3.35. The molecule has 82 valence electrons. The smallest absolute Gasteiger partial charge is 0.334 e. The van der Waals surface area contributed by atoms with E-state index >= 15 is 0 Å². The van der Waals surface area contributed by atoms with Crippen LogP contribution < -0.4 is 0 Å². The van der Waals surface area contributed by atoms with Gasteiger partial charge in [-0.25, -0.2) is 9.59 Å². The Morgan fingerprint density at radius 2 is 1.40 bits per heavy atom. The molecule has 0 aromatic heterocycles. The van der Waals surface area contributed by atoms with Crippen LogP contribution in [0.15, 0.2) is 11.1 Å². The summed E-state index contributed by atoms with van der Waals surface area (Å²) in [6.07, 6.45) is 2.86. The second-order valence-corrected chi connectivity index (χ2v) is 4.02. The van der Waals surface area contributed by atoms with Crippen LogP contribution in [0.4, 0.5) is 0 Å². The van der Waals surface area contributed by atoms with Gasteiger partial charge in [0.15, 0.2) is 0 Å². The zero-order chi connectivity index (χ0) is 11.0. The van der Waals surface area contributed by atoms with Crippen LogP contribution in [-0.2, 0) is 19.1 Å². The van der Waals surface area contributed by atoms with Crippen LogP contribution in [0.3, 0.4) is 0 Å². The number of rotatable bonds is 2. The van der Waals surface area contributed by atoms with E-state index in [2.05, 4.69) is 0 Å². The van der Waals surface area contributed by atoms with Crippen LogP contribution in [0.2, 0.25) is 0 Å². The first-order valence-electron chi connectivity index (χ1n) is 5.09. The minimum Gasteiger partial charge on any atom is -0.466 e. The van der Waals surface area contributed by atoms with Gasteiger partial charge in [-0.05, 0) is 31.1 Å². The third kappa shape index (κ3) is 1.44. The Bertz CT molecular complexity index is 310. The van der Waals surface area contributed by atoms with E-state index in [9.17, 15) is 9.59 Å². The second kappa shape index (κ2) is 3.68. The van der Waals surface area contributed by atoms with Crippen molar-refractivity contribution in [2.24, 2.45) is 11.8 Å². The number of esters is 2.